The summed E-state index contributed by atoms with van der Waals surface area (Å²) in [6.45, 7) is -0.398. The Kier molecular flexibility index (Phi) is 3.83. The summed E-state index contributed by atoms with van der Waals surface area (Å²) in [6, 6.07) is 5.55. The van der Waals surface area contributed by atoms with Crippen molar-refractivity contribution in [3.8, 4) is 0 Å². The molecule has 4 saturated carbocycles. The number of rotatable bonds is 4. The third kappa shape index (κ3) is 3.15. The largest absolute Gasteiger partial charge is 0.455 e. The van der Waals surface area contributed by atoms with Crippen molar-refractivity contribution in [1.82, 2.24) is 0 Å². The normalized spacial score (nSPS) is 35.4. The number of benzene rings is 1. The molecule has 1 aromatic carbocycles. The van der Waals surface area contributed by atoms with E-state index in [2.05, 4.69) is 5.32 Å². The number of halogens is 1. The van der Waals surface area contributed by atoms with Gasteiger partial charge in [-0.3, -0.25) is 9.59 Å². The predicted molar refractivity (Wildman–Crippen MR) is 88.1 cm³/mol. The zero-order valence-corrected chi connectivity index (χ0v) is 14.0. The van der Waals surface area contributed by atoms with Crippen molar-refractivity contribution in [3.05, 3.63) is 30.1 Å². The van der Waals surface area contributed by atoms with Gasteiger partial charge in [-0.2, -0.15) is 0 Å². The highest BCUT2D eigenvalue weighted by atomic mass is 19.1. The number of carbonyl (C=O) groups excluding carboxylic acids is 2. The van der Waals surface area contributed by atoms with Gasteiger partial charge in [0.2, 0.25) is 0 Å². The number of anilines is 1. The van der Waals surface area contributed by atoms with E-state index in [-0.39, 0.29) is 5.97 Å². The third-order valence-corrected chi connectivity index (χ3v) is 5.91. The zero-order chi connectivity index (χ0) is 17.7. The summed E-state index contributed by atoms with van der Waals surface area (Å²) < 4.78 is 18.4. The van der Waals surface area contributed by atoms with E-state index in [1.54, 1.807) is 6.07 Å². The molecule has 1 amide bonds. The van der Waals surface area contributed by atoms with E-state index in [4.69, 9.17) is 4.74 Å². The van der Waals surface area contributed by atoms with Gasteiger partial charge in [0.15, 0.2) is 6.61 Å². The predicted octanol–water partition coefficient (Wildman–Crippen LogP) is 2.64. The monoisotopic (exact) mass is 347 g/mol. The molecule has 2 atom stereocenters. The number of hydrogen-bond donors (Lipinski definition) is 2. The Morgan fingerprint density at radius 1 is 1.24 bits per heavy atom. The minimum atomic E-state index is -0.743. The van der Waals surface area contributed by atoms with E-state index in [9.17, 15) is 19.1 Å². The Morgan fingerprint density at radius 2 is 1.96 bits per heavy atom. The van der Waals surface area contributed by atoms with E-state index in [0.29, 0.717) is 23.9 Å². The van der Waals surface area contributed by atoms with Crippen molar-refractivity contribution in [3.63, 3.8) is 0 Å². The van der Waals surface area contributed by atoms with Crippen LogP contribution in [0.3, 0.4) is 0 Å². The summed E-state index contributed by atoms with van der Waals surface area (Å²) in [5.74, 6) is -0.576. The summed E-state index contributed by atoms with van der Waals surface area (Å²) in [4.78, 5) is 24.6. The molecular weight excluding hydrogens is 325 g/mol. The molecule has 4 aliphatic rings. The number of aliphatic hydroxyl groups is 1. The van der Waals surface area contributed by atoms with Crippen molar-refractivity contribution in [2.45, 2.75) is 44.1 Å². The van der Waals surface area contributed by atoms with Gasteiger partial charge in [0.25, 0.3) is 5.91 Å². The van der Waals surface area contributed by atoms with Gasteiger partial charge in [-0.25, -0.2) is 4.39 Å². The maximum Gasteiger partial charge on any atom is 0.312 e. The molecule has 2 unspecified atom stereocenters. The molecule has 5 rings (SSSR count). The second-order valence-electron chi connectivity index (χ2n) is 8.10. The molecule has 0 heterocycles. The van der Waals surface area contributed by atoms with Crippen LogP contribution in [0.4, 0.5) is 10.1 Å². The number of carbonyl (C=O) groups is 2. The van der Waals surface area contributed by atoms with Crippen LogP contribution in [0.2, 0.25) is 0 Å². The van der Waals surface area contributed by atoms with Crippen molar-refractivity contribution in [2.75, 3.05) is 11.9 Å². The number of amides is 1. The van der Waals surface area contributed by atoms with Gasteiger partial charge in [-0.05, 0) is 68.6 Å². The Morgan fingerprint density at radius 3 is 2.60 bits per heavy atom. The minimum absolute atomic E-state index is 0.324. The molecule has 0 saturated heterocycles. The molecule has 0 spiro atoms. The van der Waals surface area contributed by atoms with Gasteiger partial charge in [0.05, 0.1) is 11.0 Å². The van der Waals surface area contributed by atoms with Crippen LogP contribution in [0.25, 0.3) is 0 Å². The average molecular weight is 347 g/mol. The summed E-state index contributed by atoms with van der Waals surface area (Å²) >= 11 is 0. The average Bonchev–Trinajstić information content (AvgIpc) is 2.50. The lowest BCUT2D eigenvalue weighted by Gasteiger charge is -2.58. The van der Waals surface area contributed by atoms with Gasteiger partial charge in [-0.15, -0.1) is 0 Å². The van der Waals surface area contributed by atoms with E-state index in [0.717, 1.165) is 32.1 Å². The highest BCUT2D eigenvalue weighted by Gasteiger charge is 2.60. The molecule has 1 aromatic rings. The Balaban J connectivity index is 1.37. The first-order chi connectivity index (χ1) is 11.9. The van der Waals surface area contributed by atoms with Crippen molar-refractivity contribution in [2.24, 2.45) is 17.3 Å². The summed E-state index contributed by atoms with van der Waals surface area (Å²) in [6.07, 6.45) is 4.57. The minimum Gasteiger partial charge on any atom is -0.455 e. The van der Waals surface area contributed by atoms with Crippen molar-refractivity contribution < 1.29 is 23.8 Å². The Labute approximate surface area is 145 Å². The SMILES string of the molecule is O=C(COC(=O)C12CC3CC(CC(O)(C3)C1)C2)Nc1cccc(F)c1. The molecule has 4 fully saturated rings. The topological polar surface area (TPSA) is 75.6 Å². The molecule has 0 aromatic heterocycles. The first-order valence-corrected chi connectivity index (χ1v) is 8.81. The number of ether oxygens (including phenoxy) is 1. The van der Waals surface area contributed by atoms with Gasteiger partial charge in [-0.1, -0.05) is 6.07 Å². The van der Waals surface area contributed by atoms with Crippen LogP contribution in [0.5, 0.6) is 0 Å². The number of esters is 1. The van der Waals surface area contributed by atoms with Crippen LogP contribution in [0.15, 0.2) is 24.3 Å². The quantitative estimate of drug-likeness (QED) is 0.821. The van der Waals surface area contributed by atoms with Gasteiger partial charge < -0.3 is 15.2 Å². The first-order valence-electron chi connectivity index (χ1n) is 8.81. The lowest BCUT2D eigenvalue weighted by molar-refractivity contribution is -0.196. The first kappa shape index (κ1) is 16.5. The van der Waals surface area contributed by atoms with E-state index < -0.39 is 29.3 Å². The second kappa shape index (κ2) is 5.80. The highest BCUT2D eigenvalue weighted by Crippen LogP contribution is 2.61. The number of hydrogen-bond acceptors (Lipinski definition) is 4. The van der Waals surface area contributed by atoms with Gasteiger partial charge >= 0.3 is 5.97 Å². The van der Waals surface area contributed by atoms with Crippen LogP contribution >= 0.6 is 0 Å². The molecule has 134 valence electrons. The molecular formula is C19H22FNO4. The molecule has 0 radical (unpaired) electrons. The maximum atomic E-state index is 13.1. The molecule has 2 N–H and O–H groups in total. The smallest absolute Gasteiger partial charge is 0.312 e. The molecule has 6 heteroatoms. The van der Waals surface area contributed by atoms with Crippen LogP contribution in [-0.4, -0.2) is 29.2 Å². The second-order valence-corrected chi connectivity index (χ2v) is 8.10. The van der Waals surface area contributed by atoms with Gasteiger partial charge in [0, 0.05) is 5.69 Å². The summed E-state index contributed by atoms with van der Waals surface area (Å²) in [5.41, 5.74) is -1.06. The fourth-order valence-corrected chi connectivity index (χ4v) is 5.50. The van der Waals surface area contributed by atoms with E-state index in [1.165, 1.54) is 18.2 Å². The van der Waals surface area contributed by atoms with Gasteiger partial charge in [0.1, 0.15) is 5.82 Å². The molecule has 5 nitrogen and oxygen atoms in total. The third-order valence-electron chi connectivity index (χ3n) is 5.91. The van der Waals surface area contributed by atoms with Crippen LogP contribution in [0.1, 0.15) is 38.5 Å². The number of nitrogens with one attached hydrogen (secondary N) is 1. The Hall–Kier alpha value is -1.95. The fraction of sp³-hybridized carbons (Fsp3) is 0.579. The zero-order valence-electron chi connectivity index (χ0n) is 14.0. The van der Waals surface area contributed by atoms with Crippen LogP contribution in [0, 0.1) is 23.1 Å². The summed E-state index contributed by atoms with van der Waals surface area (Å²) in [7, 11) is 0. The van der Waals surface area contributed by atoms with Crippen molar-refractivity contribution >= 4 is 17.6 Å². The lowest BCUT2D eigenvalue weighted by Crippen LogP contribution is -2.58. The van der Waals surface area contributed by atoms with Crippen molar-refractivity contribution in [1.29, 1.82) is 0 Å². The standard InChI is InChI=1S/C19H22FNO4/c20-14-2-1-3-15(5-14)21-16(22)10-25-17(23)18-6-12-4-13(7-18)9-19(24,8-12)11-18/h1-3,5,12-13,24H,4,6-11H2,(H,21,22). The van der Waals surface area contributed by atoms with Crippen LogP contribution < -0.4 is 5.32 Å². The fourth-order valence-electron chi connectivity index (χ4n) is 5.50. The molecule has 4 aliphatic carbocycles. The van der Waals surface area contributed by atoms with Crippen LogP contribution in [-0.2, 0) is 14.3 Å². The maximum absolute atomic E-state index is 13.1. The molecule has 25 heavy (non-hydrogen) atoms. The molecule has 0 aliphatic heterocycles. The molecule has 4 bridgehead atoms. The Bertz CT molecular complexity index is 705. The lowest BCUT2D eigenvalue weighted by atomic mass is 9.48. The van der Waals surface area contributed by atoms with E-state index >= 15 is 0 Å². The highest BCUT2D eigenvalue weighted by molar-refractivity contribution is 5.93. The summed E-state index contributed by atoms with van der Waals surface area (Å²) in [5, 5.41) is 13.2. The van der Waals surface area contributed by atoms with E-state index in [1.807, 2.05) is 0 Å².